The van der Waals surface area contributed by atoms with E-state index in [9.17, 15) is 4.79 Å². The summed E-state index contributed by atoms with van der Waals surface area (Å²) >= 11 is 1.32. The van der Waals surface area contributed by atoms with E-state index in [2.05, 4.69) is 41.0 Å². The molecule has 3 heterocycles. The molecule has 1 aliphatic rings. The number of para-hydroxylation sites is 2. The summed E-state index contributed by atoms with van der Waals surface area (Å²) in [5.41, 5.74) is 1.97. The van der Waals surface area contributed by atoms with Crippen LogP contribution >= 0.6 is 11.3 Å². The standard InChI is InChI=1S/C23H22N4O3S/c1-3-26(4-2)16-11-9-15(10-12-16)13-20-22(28)27-23(31-20)24-21(25-27)19-14-29-17-7-5-6-8-18(17)30-19/h5-13,19H,3-4,14H2,1-2H3. The highest BCUT2D eigenvalue weighted by Gasteiger charge is 2.27. The number of rotatable bonds is 5. The molecule has 0 radical (unpaired) electrons. The van der Waals surface area contributed by atoms with Gasteiger partial charge in [-0.1, -0.05) is 35.6 Å². The van der Waals surface area contributed by atoms with Crippen LogP contribution in [0.1, 0.15) is 31.3 Å². The third-order valence-corrected chi connectivity index (χ3v) is 6.27. The Balaban J connectivity index is 1.42. The summed E-state index contributed by atoms with van der Waals surface area (Å²) in [5.74, 6) is 1.81. The summed E-state index contributed by atoms with van der Waals surface area (Å²) < 4.78 is 13.6. The highest BCUT2D eigenvalue weighted by Crippen LogP contribution is 2.35. The highest BCUT2D eigenvalue weighted by atomic mass is 32.1. The lowest BCUT2D eigenvalue weighted by Crippen LogP contribution is -2.26. The number of thiazole rings is 1. The number of ether oxygens (including phenoxy) is 2. The third-order valence-electron chi connectivity index (χ3n) is 5.31. The summed E-state index contributed by atoms with van der Waals surface area (Å²) in [6.07, 6.45) is 1.44. The second kappa shape index (κ2) is 8.03. The minimum atomic E-state index is -0.443. The number of nitrogens with zero attached hydrogens (tertiary/aromatic N) is 4. The molecule has 1 atom stereocenters. The molecule has 0 bridgehead atoms. The van der Waals surface area contributed by atoms with Crippen LogP contribution in [0, 0.1) is 0 Å². The van der Waals surface area contributed by atoms with E-state index in [0.717, 1.165) is 18.7 Å². The van der Waals surface area contributed by atoms with Crippen LogP contribution in [0.15, 0.2) is 53.3 Å². The van der Waals surface area contributed by atoms with Crippen LogP contribution in [0.4, 0.5) is 5.69 Å². The Labute approximate surface area is 183 Å². The molecule has 0 saturated carbocycles. The fourth-order valence-electron chi connectivity index (χ4n) is 3.65. The summed E-state index contributed by atoms with van der Waals surface area (Å²) in [7, 11) is 0. The number of benzene rings is 2. The van der Waals surface area contributed by atoms with Gasteiger partial charge in [0.25, 0.3) is 5.56 Å². The molecule has 0 saturated heterocycles. The van der Waals surface area contributed by atoms with Gasteiger partial charge in [-0.05, 0) is 49.8 Å². The second-order valence-electron chi connectivity index (χ2n) is 7.21. The molecule has 0 aliphatic carbocycles. The maximum Gasteiger partial charge on any atom is 0.291 e. The lowest BCUT2D eigenvalue weighted by atomic mass is 10.2. The van der Waals surface area contributed by atoms with Gasteiger partial charge in [0.1, 0.15) is 6.61 Å². The van der Waals surface area contributed by atoms with Gasteiger partial charge in [-0.2, -0.15) is 9.50 Å². The third kappa shape index (κ3) is 3.63. The molecule has 158 valence electrons. The van der Waals surface area contributed by atoms with Crippen LogP contribution in [0.25, 0.3) is 11.0 Å². The molecule has 0 spiro atoms. The summed E-state index contributed by atoms with van der Waals surface area (Å²) in [4.78, 5) is 20.2. The number of aromatic nitrogens is 3. The smallest absolute Gasteiger partial charge is 0.291 e. The largest absolute Gasteiger partial charge is 0.485 e. The zero-order valence-corrected chi connectivity index (χ0v) is 18.1. The van der Waals surface area contributed by atoms with Crippen molar-refractivity contribution in [3.8, 4) is 11.5 Å². The molecule has 0 N–H and O–H groups in total. The van der Waals surface area contributed by atoms with E-state index in [4.69, 9.17) is 9.47 Å². The predicted molar refractivity (Wildman–Crippen MR) is 121 cm³/mol. The minimum absolute atomic E-state index is 0.177. The highest BCUT2D eigenvalue weighted by molar-refractivity contribution is 7.15. The van der Waals surface area contributed by atoms with Gasteiger partial charge in [-0.3, -0.25) is 4.79 Å². The fourth-order valence-corrected chi connectivity index (χ4v) is 4.57. The van der Waals surface area contributed by atoms with E-state index in [1.165, 1.54) is 21.5 Å². The van der Waals surface area contributed by atoms with Crippen LogP contribution in [-0.2, 0) is 0 Å². The van der Waals surface area contributed by atoms with Crippen molar-refractivity contribution in [2.75, 3.05) is 24.6 Å². The Bertz CT molecular complexity index is 1330. The Hall–Kier alpha value is -3.39. The average Bonchev–Trinajstić information content (AvgIpc) is 3.35. The monoisotopic (exact) mass is 434 g/mol. The molecule has 0 fully saturated rings. The minimum Gasteiger partial charge on any atom is -0.485 e. The second-order valence-corrected chi connectivity index (χ2v) is 8.22. The van der Waals surface area contributed by atoms with Crippen molar-refractivity contribution >= 4 is 28.1 Å². The molecule has 0 amide bonds. The Morgan fingerprint density at radius 1 is 1.13 bits per heavy atom. The quantitative estimate of drug-likeness (QED) is 0.481. The van der Waals surface area contributed by atoms with E-state index in [-0.39, 0.29) is 5.56 Å². The van der Waals surface area contributed by atoms with Gasteiger partial charge in [0.15, 0.2) is 23.4 Å². The zero-order valence-electron chi connectivity index (χ0n) is 17.3. The molecule has 2 aromatic carbocycles. The van der Waals surface area contributed by atoms with E-state index in [1.807, 2.05) is 42.5 Å². The van der Waals surface area contributed by atoms with Crippen molar-refractivity contribution in [2.24, 2.45) is 0 Å². The van der Waals surface area contributed by atoms with E-state index < -0.39 is 6.10 Å². The van der Waals surface area contributed by atoms with Crippen molar-refractivity contribution in [2.45, 2.75) is 20.0 Å². The van der Waals surface area contributed by atoms with E-state index in [1.54, 1.807) is 0 Å². The fraction of sp³-hybridized carbons (Fsp3) is 0.261. The molecular weight excluding hydrogens is 412 g/mol. The Morgan fingerprint density at radius 2 is 1.87 bits per heavy atom. The lowest BCUT2D eigenvalue weighted by Gasteiger charge is -2.24. The van der Waals surface area contributed by atoms with Crippen molar-refractivity contribution in [3.63, 3.8) is 0 Å². The molecule has 1 aliphatic heterocycles. The lowest BCUT2D eigenvalue weighted by molar-refractivity contribution is 0.0852. The van der Waals surface area contributed by atoms with Gasteiger partial charge in [0.05, 0.1) is 4.53 Å². The number of anilines is 1. The first kappa shape index (κ1) is 19.6. The van der Waals surface area contributed by atoms with Gasteiger partial charge in [0.2, 0.25) is 4.96 Å². The van der Waals surface area contributed by atoms with E-state index in [0.29, 0.717) is 33.4 Å². The van der Waals surface area contributed by atoms with Gasteiger partial charge in [-0.25, -0.2) is 0 Å². The first-order valence-electron chi connectivity index (χ1n) is 10.3. The van der Waals surface area contributed by atoms with Crippen LogP contribution in [0.5, 0.6) is 11.5 Å². The normalized spacial score (nSPS) is 16.1. The van der Waals surface area contributed by atoms with Gasteiger partial charge in [-0.15, -0.1) is 5.10 Å². The van der Waals surface area contributed by atoms with Gasteiger partial charge in [0, 0.05) is 18.8 Å². The predicted octanol–water partition coefficient (Wildman–Crippen LogP) is 3.06. The van der Waals surface area contributed by atoms with Crippen LogP contribution in [0.3, 0.4) is 0 Å². The van der Waals surface area contributed by atoms with E-state index >= 15 is 0 Å². The van der Waals surface area contributed by atoms with Crippen molar-refractivity contribution in [3.05, 3.63) is 74.8 Å². The molecule has 4 aromatic rings. The van der Waals surface area contributed by atoms with Crippen LogP contribution in [-0.4, -0.2) is 34.3 Å². The summed E-state index contributed by atoms with van der Waals surface area (Å²) in [5, 5.41) is 4.40. The Morgan fingerprint density at radius 3 is 2.58 bits per heavy atom. The average molecular weight is 435 g/mol. The number of hydrogen-bond acceptors (Lipinski definition) is 7. The maximum absolute atomic E-state index is 12.9. The van der Waals surface area contributed by atoms with Crippen LogP contribution in [0.2, 0.25) is 0 Å². The molecule has 7 nitrogen and oxygen atoms in total. The molecule has 2 aromatic heterocycles. The number of fused-ring (bicyclic) bond motifs is 2. The van der Waals surface area contributed by atoms with Gasteiger partial charge < -0.3 is 14.4 Å². The summed E-state index contributed by atoms with van der Waals surface area (Å²) in [6.45, 7) is 6.50. The van der Waals surface area contributed by atoms with Gasteiger partial charge >= 0.3 is 0 Å². The molecule has 8 heteroatoms. The maximum atomic E-state index is 12.9. The molecule has 5 rings (SSSR count). The molecular formula is C23H22N4O3S. The van der Waals surface area contributed by atoms with Crippen LogP contribution < -0.4 is 24.5 Å². The van der Waals surface area contributed by atoms with Crippen molar-refractivity contribution in [1.29, 1.82) is 0 Å². The van der Waals surface area contributed by atoms with Crippen molar-refractivity contribution < 1.29 is 9.47 Å². The molecule has 1 unspecified atom stereocenters. The first-order chi connectivity index (χ1) is 15.2. The summed E-state index contributed by atoms with van der Waals surface area (Å²) in [6, 6.07) is 15.7. The Kier molecular flexibility index (Phi) is 5.07. The van der Waals surface area contributed by atoms with Crippen molar-refractivity contribution in [1.82, 2.24) is 14.6 Å². The zero-order chi connectivity index (χ0) is 21.4. The molecule has 31 heavy (non-hydrogen) atoms. The first-order valence-corrected chi connectivity index (χ1v) is 11.1. The number of hydrogen-bond donors (Lipinski definition) is 0. The topological polar surface area (TPSA) is 69.0 Å². The SMILES string of the molecule is CCN(CC)c1ccc(C=c2sc3nc(C4COc5ccccc5O4)nn3c2=O)cc1.